The molecule has 1 aromatic carbocycles. The molecule has 0 saturated carbocycles. The molecule has 0 fully saturated rings. The number of hydrogen-bond acceptors (Lipinski definition) is 5. The summed E-state index contributed by atoms with van der Waals surface area (Å²) in [6.45, 7) is 7.16. The first-order valence-electron chi connectivity index (χ1n) is 8.13. The maximum absolute atomic E-state index is 12.4. The predicted molar refractivity (Wildman–Crippen MR) is 92.0 cm³/mol. The van der Waals surface area contributed by atoms with Gasteiger partial charge in [0.05, 0.1) is 18.8 Å². The van der Waals surface area contributed by atoms with Crippen molar-refractivity contribution in [3.8, 4) is 0 Å². The molecule has 3 rings (SSSR count). The highest BCUT2D eigenvalue weighted by molar-refractivity contribution is 5.94. The van der Waals surface area contributed by atoms with Gasteiger partial charge in [-0.1, -0.05) is 12.1 Å². The van der Waals surface area contributed by atoms with Gasteiger partial charge in [-0.25, -0.2) is 4.68 Å². The minimum absolute atomic E-state index is 0.0219. The van der Waals surface area contributed by atoms with Crippen LogP contribution in [0.4, 0.5) is 0 Å². The van der Waals surface area contributed by atoms with Crippen LogP contribution in [0.5, 0.6) is 0 Å². The molecule has 130 valence electrons. The first kappa shape index (κ1) is 16.8. The number of carbonyl (C=O) groups is 1. The number of hydrogen-bond donors (Lipinski definition) is 1. The average molecular weight is 339 g/mol. The van der Waals surface area contributed by atoms with E-state index in [0.717, 1.165) is 17.0 Å². The van der Waals surface area contributed by atoms with Crippen LogP contribution in [-0.2, 0) is 13.1 Å². The zero-order valence-electron chi connectivity index (χ0n) is 14.5. The molecule has 0 radical (unpaired) electrons. The van der Waals surface area contributed by atoms with Crippen LogP contribution in [0.2, 0.25) is 0 Å². The maximum atomic E-state index is 12.4. The summed E-state index contributed by atoms with van der Waals surface area (Å²) in [7, 11) is 0. The Bertz CT molecular complexity index is 837. The van der Waals surface area contributed by atoms with E-state index < -0.39 is 0 Å². The average Bonchev–Trinajstić information content (AvgIpc) is 3.18. The normalized spacial score (nSPS) is 12.1. The quantitative estimate of drug-likeness (QED) is 0.732. The fourth-order valence-corrected chi connectivity index (χ4v) is 2.67. The molecule has 0 unspecified atom stereocenters. The van der Waals surface area contributed by atoms with Gasteiger partial charge in [0.25, 0.3) is 5.91 Å². The molecule has 8 nitrogen and oxygen atoms in total. The van der Waals surface area contributed by atoms with E-state index in [1.54, 1.807) is 11.0 Å². The molecule has 0 aliphatic heterocycles. The van der Waals surface area contributed by atoms with E-state index in [0.29, 0.717) is 18.7 Å². The molecule has 1 amide bonds. The number of aryl methyl sites for hydroxylation is 2. The van der Waals surface area contributed by atoms with E-state index >= 15 is 0 Å². The lowest BCUT2D eigenvalue weighted by atomic mass is 10.1. The Labute approximate surface area is 145 Å². The Morgan fingerprint density at radius 2 is 2.00 bits per heavy atom. The third kappa shape index (κ3) is 4.28. The van der Waals surface area contributed by atoms with Crippen LogP contribution in [0.3, 0.4) is 0 Å². The van der Waals surface area contributed by atoms with Crippen molar-refractivity contribution in [1.82, 2.24) is 35.3 Å². The molecular formula is C17H21N7O. The number of tetrazole rings is 1. The largest absolute Gasteiger partial charge is 0.348 e. The zero-order valence-corrected chi connectivity index (χ0v) is 14.5. The molecule has 0 aliphatic rings. The van der Waals surface area contributed by atoms with Gasteiger partial charge in [0.2, 0.25) is 0 Å². The van der Waals surface area contributed by atoms with Crippen LogP contribution >= 0.6 is 0 Å². The van der Waals surface area contributed by atoms with Crippen molar-refractivity contribution in [2.75, 3.05) is 0 Å². The Kier molecular flexibility index (Phi) is 4.87. The molecule has 0 saturated heterocycles. The second-order valence-electron chi connectivity index (χ2n) is 6.19. The highest BCUT2D eigenvalue weighted by atomic mass is 16.1. The Balaban J connectivity index is 1.58. The van der Waals surface area contributed by atoms with E-state index in [9.17, 15) is 4.79 Å². The van der Waals surface area contributed by atoms with Gasteiger partial charge in [-0.15, -0.1) is 5.10 Å². The van der Waals surface area contributed by atoms with Gasteiger partial charge in [0.1, 0.15) is 6.33 Å². The highest BCUT2D eigenvalue weighted by Crippen LogP contribution is 2.07. The summed E-state index contributed by atoms with van der Waals surface area (Å²) in [4.78, 5) is 12.4. The lowest BCUT2D eigenvalue weighted by molar-refractivity contribution is 0.0936. The molecule has 0 bridgehead atoms. The van der Waals surface area contributed by atoms with Gasteiger partial charge in [-0.05, 0) is 55.0 Å². The van der Waals surface area contributed by atoms with Crippen LogP contribution in [0, 0.1) is 13.8 Å². The van der Waals surface area contributed by atoms with Crippen molar-refractivity contribution in [3.63, 3.8) is 0 Å². The second kappa shape index (κ2) is 7.25. The number of nitrogens with one attached hydrogen (secondary N) is 1. The van der Waals surface area contributed by atoms with Gasteiger partial charge < -0.3 is 5.32 Å². The minimum Gasteiger partial charge on any atom is -0.348 e. The SMILES string of the molecule is Cc1cc(C)n(C[C@H](C)NC(=O)c2ccc(Cn3cnnn3)cc2)n1. The highest BCUT2D eigenvalue weighted by Gasteiger charge is 2.12. The number of amides is 1. The van der Waals surface area contributed by atoms with Crippen LogP contribution in [0.15, 0.2) is 36.7 Å². The predicted octanol–water partition coefficient (Wildman–Crippen LogP) is 1.35. The Morgan fingerprint density at radius 3 is 2.60 bits per heavy atom. The number of aromatic nitrogens is 6. The van der Waals surface area contributed by atoms with Crippen molar-refractivity contribution in [3.05, 3.63) is 59.2 Å². The summed E-state index contributed by atoms with van der Waals surface area (Å²) < 4.78 is 3.54. The molecule has 1 atom stereocenters. The summed E-state index contributed by atoms with van der Waals surface area (Å²) in [5.74, 6) is -0.0944. The molecule has 2 heterocycles. The molecule has 2 aromatic heterocycles. The van der Waals surface area contributed by atoms with Gasteiger partial charge in [-0.3, -0.25) is 9.48 Å². The van der Waals surface area contributed by atoms with Crippen molar-refractivity contribution >= 4 is 5.91 Å². The first-order valence-corrected chi connectivity index (χ1v) is 8.13. The third-order valence-corrected chi connectivity index (χ3v) is 3.88. The smallest absolute Gasteiger partial charge is 0.251 e. The standard InChI is InChI=1S/C17H21N7O/c1-12-8-14(3)24(20-12)9-13(2)19-17(25)16-6-4-15(5-7-16)10-23-11-18-21-22-23/h4-8,11,13H,9-10H2,1-3H3,(H,19,25)/t13-/m0/s1. The Morgan fingerprint density at radius 1 is 1.24 bits per heavy atom. The number of nitrogens with zero attached hydrogens (tertiary/aromatic N) is 6. The summed E-state index contributed by atoms with van der Waals surface area (Å²) in [6, 6.07) is 9.44. The van der Waals surface area contributed by atoms with Crippen molar-refractivity contribution in [2.24, 2.45) is 0 Å². The van der Waals surface area contributed by atoms with E-state index in [-0.39, 0.29) is 11.9 Å². The second-order valence-corrected chi connectivity index (χ2v) is 6.19. The zero-order chi connectivity index (χ0) is 17.8. The van der Waals surface area contributed by atoms with Crippen molar-refractivity contribution < 1.29 is 4.79 Å². The third-order valence-electron chi connectivity index (χ3n) is 3.88. The summed E-state index contributed by atoms with van der Waals surface area (Å²) >= 11 is 0. The summed E-state index contributed by atoms with van der Waals surface area (Å²) in [5, 5.41) is 18.5. The molecular weight excluding hydrogens is 318 g/mol. The Hall–Kier alpha value is -3.03. The molecule has 3 aromatic rings. The first-order chi connectivity index (χ1) is 12.0. The fraction of sp³-hybridized carbons (Fsp3) is 0.353. The lowest BCUT2D eigenvalue weighted by Gasteiger charge is -2.15. The van der Waals surface area contributed by atoms with Crippen LogP contribution in [0.1, 0.15) is 34.2 Å². The van der Waals surface area contributed by atoms with Gasteiger partial charge in [0, 0.05) is 17.3 Å². The van der Waals surface area contributed by atoms with E-state index in [1.165, 1.54) is 0 Å². The molecule has 0 aliphatic carbocycles. The maximum Gasteiger partial charge on any atom is 0.251 e. The number of benzene rings is 1. The van der Waals surface area contributed by atoms with Crippen LogP contribution < -0.4 is 5.32 Å². The molecule has 1 N–H and O–H groups in total. The van der Waals surface area contributed by atoms with Crippen LogP contribution in [-0.4, -0.2) is 41.9 Å². The van der Waals surface area contributed by atoms with Gasteiger partial charge in [-0.2, -0.15) is 5.10 Å². The minimum atomic E-state index is -0.0944. The number of rotatable bonds is 6. The van der Waals surface area contributed by atoms with E-state index in [1.807, 2.05) is 55.8 Å². The van der Waals surface area contributed by atoms with E-state index in [4.69, 9.17) is 0 Å². The number of carbonyl (C=O) groups excluding carboxylic acids is 1. The van der Waals surface area contributed by atoms with Gasteiger partial charge >= 0.3 is 0 Å². The summed E-state index contributed by atoms with van der Waals surface area (Å²) in [6.07, 6.45) is 1.56. The lowest BCUT2D eigenvalue weighted by Crippen LogP contribution is -2.36. The van der Waals surface area contributed by atoms with Crippen molar-refractivity contribution in [1.29, 1.82) is 0 Å². The van der Waals surface area contributed by atoms with Crippen LogP contribution in [0.25, 0.3) is 0 Å². The van der Waals surface area contributed by atoms with Crippen molar-refractivity contribution in [2.45, 2.75) is 39.9 Å². The molecule has 25 heavy (non-hydrogen) atoms. The topological polar surface area (TPSA) is 90.5 Å². The fourth-order valence-electron chi connectivity index (χ4n) is 2.67. The molecule has 8 heteroatoms. The molecule has 0 spiro atoms. The van der Waals surface area contributed by atoms with E-state index in [2.05, 4.69) is 25.9 Å². The van der Waals surface area contributed by atoms with Gasteiger partial charge in [0.15, 0.2) is 0 Å². The summed E-state index contributed by atoms with van der Waals surface area (Å²) in [5.41, 5.74) is 3.72. The monoisotopic (exact) mass is 339 g/mol.